The molecular formula is C21H18N2O5. The van der Waals surface area contributed by atoms with Gasteiger partial charge in [-0.3, -0.25) is 14.4 Å². The van der Waals surface area contributed by atoms with Gasteiger partial charge >= 0.3 is 0 Å². The third-order valence-electron chi connectivity index (χ3n) is 4.69. The second-order valence-corrected chi connectivity index (χ2v) is 6.81. The van der Waals surface area contributed by atoms with Crippen LogP contribution < -0.4 is 20.4 Å². The first kappa shape index (κ1) is 17.8. The standard InChI is InChI=1S/C21H18N2O5/c1-11-6-12(2)20-14(7-11)16(24)9-18(28-20)21(26)22-13-4-5-17-15(8-13)23(3)19(25)10-27-17/h4-9H,10H2,1-3H3,(H,22,26). The Balaban J connectivity index is 1.68. The van der Waals surface area contributed by atoms with Crippen LogP contribution in [0.25, 0.3) is 11.0 Å². The number of benzene rings is 2. The van der Waals surface area contributed by atoms with E-state index in [1.54, 1.807) is 31.3 Å². The van der Waals surface area contributed by atoms with Gasteiger partial charge < -0.3 is 19.4 Å². The molecule has 0 spiro atoms. The summed E-state index contributed by atoms with van der Waals surface area (Å²) in [6.45, 7) is 3.71. The van der Waals surface area contributed by atoms with Crippen LogP contribution in [-0.2, 0) is 4.79 Å². The highest BCUT2D eigenvalue weighted by molar-refractivity contribution is 6.04. The maximum absolute atomic E-state index is 12.6. The van der Waals surface area contributed by atoms with Gasteiger partial charge in [0, 0.05) is 18.8 Å². The quantitative estimate of drug-likeness (QED) is 0.740. The van der Waals surface area contributed by atoms with E-state index >= 15 is 0 Å². The summed E-state index contributed by atoms with van der Waals surface area (Å²) in [7, 11) is 1.64. The molecule has 1 aliphatic rings. The van der Waals surface area contributed by atoms with Crippen LogP contribution in [-0.4, -0.2) is 25.5 Å². The van der Waals surface area contributed by atoms with Crippen molar-refractivity contribution in [1.82, 2.24) is 0 Å². The molecular weight excluding hydrogens is 360 g/mol. The van der Waals surface area contributed by atoms with Crippen LogP contribution in [0.3, 0.4) is 0 Å². The zero-order valence-electron chi connectivity index (χ0n) is 15.7. The third-order valence-corrected chi connectivity index (χ3v) is 4.69. The minimum atomic E-state index is -0.551. The van der Waals surface area contributed by atoms with E-state index < -0.39 is 5.91 Å². The van der Waals surface area contributed by atoms with Gasteiger partial charge in [0.1, 0.15) is 11.3 Å². The average Bonchev–Trinajstić information content (AvgIpc) is 2.65. The summed E-state index contributed by atoms with van der Waals surface area (Å²) in [5.74, 6) is -0.252. The third kappa shape index (κ3) is 3.00. The first-order valence-corrected chi connectivity index (χ1v) is 8.73. The minimum absolute atomic E-state index is 0.0176. The highest BCUT2D eigenvalue weighted by Crippen LogP contribution is 2.33. The van der Waals surface area contributed by atoms with Gasteiger partial charge in [-0.1, -0.05) is 6.07 Å². The first-order chi connectivity index (χ1) is 13.3. The van der Waals surface area contributed by atoms with Crippen molar-refractivity contribution in [2.45, 2.75) is 13.8 Å². The fourth-order valence-electron chi connectivity index (χ4n) is 3.26. The van der Waals surface area contributed by atoms with E-state index in [4.69, 9.17) is 9.15 Å². The summed E-state index contributed by atoms with van der Waals surface area (Å²) in [4.78, 5) is 38.3. The molecule has 4 rings (SSSR count). The number of anilines is 2. The SMILES string of the molecule is Cc1cc(C)c2oc(C(=O)Nc3ccc4c(c3)N(C)C(=O)CO4)cc(=O)c2c1. The molecule has 3 aromatic rings. The lowest BCUT2D eigenvalue weighted by Crippen LogP contribution is -2.35. The fourth-order valence-corrected chi connectivity index (χ4v) is 3.26. The molecule has 1 aromatic heterocycles. The van der Waals surface area contributed by atoms with Crippen molar-refractivity contribution in [3.8, 4) is 5.75 Å². The highest BCUT2D eigenvalue weighted by atomic mass is 16.5. The van der Waals surface area contributed by atoms with E-state index in [9.17, 15) is 14.4 Å². The molecule has 0 atom stereocenters. The molecule has 0 bridgehead atoms. The van der Waals surface area contributed by atoms with Gasteiger partial charge in [0.15, 0.2) is 17.8 Å². The lowest BCUT2D eigenvalue weighted by molar-refractivity contribution is -0.120. The highest BCUT2D eigenvalue weighted by Gasteiger charge is 2.23. The number of nitrogens with one attached hydrogen (secondary N) is 1. The Bertz CT molecular complexity index is 1200. The van der Waals surface area contributed by atoms with Crippen LogP contribution in [0.4, 0.5) is 11.4 Å². The number of carbonyl (C=O) groups excluding carboxylic acids is 2. The van der Waals surface area contributed by atoms with Gasteiger partial charge in [-0.05, 0) is 49.2 Å². The molecule has 28 heavy (non-hydrogen) atoms. The zero-order chi connectivity index (χ0) is 20.0. The molecule has 2 amide bonds. The van der Waals surface area contributed by atoms with Gasteiger partial charge in [-0.25, -0.2) is 0 Å². The Morgan fingerprint density at radius 1 is 1.11 bits per heavy atom. The molecule has 7 nitrogen and oxygen atoms in total. The number of nitrogens with zero attached hydrogens (tertiary/aromatic N) is 1. The van der Waals surface area contributed by atoms with Gasteiger partial charge in [0.25, 0.3) is 11.8 Å². The lowest BCUT2D eigenvalue weighted by atomic mass is 10.1. The number of rotatable bonds is 2. The number of fused-ring (bicyclic) bond motifs is 2. The maximum atomic E-state index is 12.6. The van der Waals surface area contributed by atoms with Gasteiger partial charge in [0.05, 0.1) is 11.1 Å². The molecule has 1 aliphatic heterocycles. The first-order valence-electron chi connectivity index (χ1n) is 8.73. The number of carbonyl (C=O) groups is 2. The smallest absolute Gasteiger partial charge is 0.291 e. The normalized spacial score (nSPS) is 13.2. The van der Waals surface area contributed by atoms with Crippen molar-refractivity contribution >= 4 is 34.2 Å². The molecule has 0 unspecified atom stereocenters. The van der Waals surface area contributed by atoms with Crippen molar-refractivity contribution < 1.29 is 18.7 Å². The van der Waals surface area contributed by atoms with E-state index in [-0.39, 0.29) is 23.7 Å². The van der Waals surface area contributed by atoms with Crippen LogP contribution in [0.15, 0.2) is 45.6 Å². The Kier molecular flexibility index (Phi) is 4.15. The second kappa shape index (κ2) is 6.53. The molecule has 7 heteroatoms. The van der Waals surface area contributed by atoms with E-state index in [1.807, 2.05) is 19.9 Å². The van der Waals surface area contributed by atoms with Crippen LogP contribution >= 0.6 is 0 Å². The molecule has 2 heterocycles. The van der Waals surface area contributed by atoms with Crippen molar-refractivity contribution in [3.05, 3.63) is 63.5 Å². The molecule has 0 aliphatic carbocycles. The van der Waals surface area contributed by atoms with Crippen LogP contribution in [0.2, 0.25) is 0 Å². The van der Waals surface area contributed by atoms with Crippen LogP contribution in [0, 0.1) is 13.8 Å². The zero-order valence-corrected chi connectivity index (χ0v) is 15.7. The summed E-state index contributed by atoms with van der Waals surface area (Å²) in [6.07, 6.45) is 0. The monoisotopic (exact) mass is 378 g/mol. The average molecular weight is 378 g/mol. The molecule has 2 aromatic carbocycles. The lowest BCUT2D eigenvalue weighted by Gasteiger charge is -2.26. The predicted octanol–water partition coefficient (Wildman–Crippen LogP) is 3.02. The summed E-state index contributed by atoms with van der Waals surface area (Å²) >= 11 is 0. The van der Waals surface area contributed by atoms with E-state index in [0.717, 1.165) is 11.1 Å². The second-order valence-electron chi connectivity index (χ2n) is 6.81. The van der Waals surface area contributed by atoms with Crippen LogP contribution in [0.5, 0.6) is 5.75 Å². The number of ether oxygens (including phenoxy) is 1. The van der Waals surface area contributed by atoms with Crippen molar-refractivity contribution in [3.63, 3.8) is 0 Å². The molecule has 0 fully saturated rings. The molecule has 0 saturated carbocycles. The Hall–Kier alpha value is -3.61. The van der Waals surface area contributed by atoms with Gasteiger partial charge in [-0.2, -0.15) is 0 Å². The summed E-state index contributed by atoms with van der Waals surface area (Å²) in [6, 6.07) is 9.80. The molecule has 0 saturated heterocycles. The summed E-state index contributed by atoms with van der Waals surface area (Å²) < 4.78 is 11.1. The van der Waals surface area contributed by atoms with Crippen molar-refractivity contribution in [1.29, 1.82) is 0 Å². The number of likely N-dealkylation sites (N-methyl/N-ethyl adjacent to an activating group) is 1. The van der Waals surface area contributed by atoms with E-state index in [1.165, 1.54) is 11.0 Å². The van der Waals surface area contributed by atoms with Crippen molar-refractivity contribution in [2.24, 2.45) is 0 Å². The summed E-state index contributed by atoms with van der Waals surface area (Å²) in [5.41, 5.74) is 2.87. The predicted molar refractivity (Wildman–Crippen MR) is 105 cm³/mol. The Labute approximate surface area is 160 Å². The van der Waals surface area contributed by atoms with Crippen LogP contribution in [0.1, 0.15) is 21.7 Å². The Morgan fingerprint density at radius 3 is 2.68 bits per heavy atom. The fraction of sp³-hybridized carbons (Fsp3) is 0.190. The molecule has 0 radical (unpaired) electrons. The largest absolute Gasteiger partial charge is 0.482 e. The number of amides is 2. The van der Waals surface area contributed by atoms with E-state index in [0.29, 0.717) is 28.1 Å². The van der Waals surface area contributed by atoms with Gasteiger partial charge in [0.2, 0.25) is 0 Å². The van der Waals surface area contributed by atoms with E-state index in [2.05, 4.69) is 5.32 Å². The Morgan fingerprint density at radius 2 is 1.89 bits per heavy atom. The number of hydrogen-bond acceptors (Lipinski definition) is 5. The summed E-state index contributed by atoms with van der Waals surface area (Å²) in [5, 5.41) is 3.15. The maximum Gasteiger partial charge on any atom is 0.291 e. The number of aryl methyl sites for hydroxylation is 2. The number of hydrogen-bond donors (Lipinski definition) is 1. The van der Waals surface area contributed by atoms with Gasteiger partial charge in [-0.15, -0.1) is 0 Å². The molecule has 1 N–H and O–H groups in total. The minimum Gasteiger partial charge on any atom is -0.482 e. The van der Waals surface area contributed by atoms with Crippen molar-refractivity contribution in [2.75, 3.05) is 23.9 Å². The molecule has 142 valence electrons. The topological polar surface area (TPSA) is 88.8 Å².